The van der Waals surface area contributed by atoms with Crippen molar-refractivity contribution in [3.63, 3.8) is 0 Å². The summed E-state index contributed by atoms with van der Waals surface area (Å²) in [4.78, 5) is 22.4. The Balaban J connectivity index is 1.56. The first kappa shape index (κ1) is 16.5. The van der Waals surface area contributed by atoms with Crippen LogP contribution in [0.4, 0.5) is 0 Å². The fourth-order valence-corrected chi connectivity index (χ4v) is 4.47. The van der Waals surface area contributed by atoms with Gasteiger partial charge in [-0.25, -0.2) is 4.98 Å². The van der Waals surface area contributed by atoms with Crippen LogP contribution >= 0.6 is 0 Å². The first-order chi connectivity index (χ1) is 12.0. The lowest BCUT2D eigenvalue weighted by Crippen LogP contribution is -2.51. The van der Waals surface area contributed by atoms with Gasteiger partial charge in [-0.3, -0.25) is 14.4 Å². The van der Waals surface area contributed by atoms with Gasteiger partial charge in [-0.2, -0.15) is 5.10 Å². The molecule has 25 heavy (non-hydrogen) atoms. The van der Waals surface area contributed by atoms with Crippen molar-refractivity contribution in [2.45, 2.75) is 45.6 Å². The molecule has 4 rings (SSSR count). The van der Waals surface area contributed by atoms with E-state index in [0.29, 0.717) is 0 Å². The normalized spacial score (nSPS) is 19.9. The van der Waals surface area contributed by atoms with Gasteiger partial charge < -0.3 is 4.90 Å². The third kappa shape index (κ3) is 2.92. The SMILES string of the molecule is Cc1cc(C(=O)N2CCN(C3CCCC3)CC2)c2c(C)nn(C)c2n1. The molecule has 3 heterocycles. The average molecular weight is 341 g/mol. The largest absolute Gasteiger partial charge is 0.336 e. The predicted molar refractivity (Wildman–Crippen MR) is 97.7 cm³/mol. The van der Waals surface area contributed by atoms with Crippen LogP contribution in [0.1, 0.15) is 47.4 Å². The van der Waals surface area contributed by atoms with Gasteiger partial charge in [-0.1, -0.05) is 12.8 Å². The van der Waals surface area contributed by atoms with E-state index >= 15 is 0 Å². The van der Waals surface area contributed by atoms with Crippen molar-refractivity contribution in [2.24, 2.45) is 7.05 Å². The molecule has 1 aliphatic carbocycles. The van der Waals surface area contributed by atoms with Crippen LogP contribution in [0.25, 0.3) is 11.0 Å². The Morgan fingerprint density at radius 3 is 2.48 bits per heavy atom. The smallest absolute Gasteiger partial charge is 0.254 e. The number of carbonyl (C=O) groups excluding carboxylic acids is 1. The van der Waals surface area contributed by atoms with Gasteiger partial charge in [-0.15, -0.1) is 0 Å². The van der Waals surface area contributed by atoms with Crippen LogP contribution in [0.2, 0.25) is 0 Å². The zero-order chi connectivity index (χ0) is 17.6. The molecule has 0 spiro atoms. The summed E-state index contributed by atoms with van der Waals surface area (Å²) in [5, 5.41) is 5.36. The summed E-state index contributed by atoms with van der Waals surface area (Å²) >= 11 is 0. The molecular weight excluding hydrogens is 314 g/mol. The lowest BCUT2D eigenvalue weighted by atomic mass is 10.1. The lowest BCUT2D eigenvalue weighted by Gasteiger charge is -2.38. The Hall–Kier alpha value is -1.95. The van der Waals surface area contributed by atoms with Gasteiger partial charge in [0.2, 0.25) is 0 Å². The fourth-order valence-electron chi connectivity index (χ4n) is 4.47. The molecule has 1 saturated carbocycles. The van der Waals surface area contributed by atoms with E-state index in [1.807, 2.05) is 31.9 Å². The minimum Gasteiger partial charge on any atom is -0.336 e. The average Bonchev–Trinajstić information content (AvgIpc) is 3.23. The van der Waals surface area contributed by atoms with Crippen LogP contribution in [0.5, 0.6) is 0 Å². The predicted octanol–water partition coefficient (Wildman–Crippen LogP) is 2.29. The summed E-state index contributed by atoms with van der Waals surface area (Å²) in [6.07, 6.45) is 5.37. The van der Waals surface area contributed by atoms with Crippen molar-refractivity contribution >= 4 is 16.9 Å². The fraction of sp³-hybridized carbons (Fsp3) is 0.632. The molecule has 2 aliphatic rings. The maximum absolute atomic E-state index is 13.2. The van der Waals surface area contributed by atoms with E-state index in [4.69, 9.17) is 0 Å². The number of pyridine rings is 1. The summed E-state index contributed by atoms with van der Waals surface area (Å²) in [6.45, 7) is 7.52. The quantitative estimate of drug-likeness (QED) is 0.841. The van der Waals surface area contributed by atoms with Crippen molar-refractivity contribution in [1.29, 1.82) is 0 Å². The second kappa shape index (κ2) is 6.41. The number of fused-ring (bicyclic) bond motifs is 1. The maximum Gasteiger partial charge on any atom is 0.254 e. The van der Waals surface area contributed by atoms with E-state index in [2.05, 4.69) is 15.0 Å². The van der Waals surface area contributed by atoms with Crippen LogP contribution in [-0.2, 0) is 7.05 Å². The van der Waals surface area contributed by atoms with Crippen molar-refractivity contribution in [3.05, 3.63) is 23.0 Å². The number of piperazine rings is 1. The third-order valence-electron chi connectivity index (χ3n) is 5.77. The van der Waals surface area contributed by atoms with E-state index in [0.717, 1.165) is 60.2 Å². The van der Waals surface area contributed by atoms with Crippen LogP contribution in [0, 0.1) is 13.8 Å². The molecule has 0 atom stereocenters. The molecule has 134 valence electrons. The molecule has 0 radical (unpaired) electrons. The van der Waals surface area contributed by atoms with Gasteiger partial charge in [0.1, 0.15) is 0 Å². The second-order valence-corrected chi connectivity index (χ2v) is 7.49. The molecule has 1 aliphatic heterocycles. The van der Waals surface area contributed by atoms with Crippen molar-refractivity contribution in [3.8, 4) is 0 Å². The van der Waals surface area contributed by atoms with Crippen LogP contribution in [0.3, 0.4) is 0 Å². The van der Waals surface area contributed by atoms with Crippen LogP contribution in [-0.4, -0.2) is 62.7 Å². The van der Waals surface area contributed by atoms with Crippen LogP contribution in [0.15, 0.2) is 6.07 Å². The Kier molecular flexibility index (Phi) is 4.23. The number of nitrogens with zero attached hydrogens (tertiary/aromatic N) is 5. The highest BCUT2D eigenvalue weighted by Gasteiger charge is 2.29. The summed E-state index contributed by atoms with van der Waals surface area (Å²) in [5.74, 6) is 0.123. The number of hydrogen-bond acceptors (Lipinski definition) is 4. The molecule has 6 nitrogen and oxygen atoms in total. The van der Waals surface area contributed by atoms with Gasteiger partial charge in [0, 0.05) is 45.0 Å². The van der Waals surface area contributed by atoms with E-state index in [1.54, 1.807) is 4.68 Å². The van der Waals surface area contributed by atoms with Crippen molar-refractivity contribution in [1.82, 2.24) is 24.6 Å². The van der Waals surface area contributed by atoms with E-state index < -0.39 is 0 Å². The maximum atomic E-state index is 13.2. The molecule has 0 unspecified atom stereocenters. The highest BCUT2D eigenvalue weighted by Crippen LogP contribution is 2.26. The molecule has 1 saturated heterocycles. The van der Waals surface area contributed by atoms with E-state index in [9.17, 15) is 4.79 Å². The number of aryl methyl sites for hydroxylation is 3. The lowest BCUT2D eigenvalue weighted by molar-refractivity contribution is 0.0575. The van der Waals surface area contributed by atoms with Gasteiger partial charge in [0.25, 0.3) is 5.91 Å². The molecule has 0 aromatic carbocycles. The van der Waals surface area contributed by atoms with Gasteiger partial charge >= 0.3 is 0 Å². The van der Waals surface area contributed by atoms with E-state index in [-0.39, 0.29) is 5.91 Å². The zero-order valence-corrected chi connectivity index (χ0v) is 15.5. The molecule has 6 heteroatoms. The van der Waals surface area contributed by atoms with Crippen LogP contribution < -0.4 is 0 Å². The summed E-state index contributed by atoms with van der Waals surface area (Å²) in [5.41, 5.74) is 3.29. The molecule has 0 N–H and O–H groups in total. The van der Waals surface area contributed by atoms with Gasteiger partial charge in [0.15, 0.2) is 5.65 Å². The minimum atomic E-state index is 0.123. The Bertz CT molecular complexity index is 798. The third-order valence-corrected chi connectivity index (χ3v) is 5.77. The Morgan fingerprint density at radius 2 is 1.80 bits per heavy atom. The highest BCUT2D eigenvalue weighted by atomic mass is 16.2. The summed E-state index contributed by atoms with van der Waals surface area (Å²) < 4.78 is 1.77. The van der Waals surface area contributed by atoms with Gasteiger partial charge in [-0.05, 0) is 32.8 Å². The Labute approximate surface area is 148 Å². The highest BCUT2D eigenvalue weighted by molar-refractivity contribution is 6.06. The monoisotopic (exact) mass is 341 g/mol. The summed E-state index contributed by atoms with van der Waals surface area (Å²) in [6, 6.07) is 2.66. The molecule has 2 fully saturated rings. The molecule has 2 aromatic heterocycles. The topological polar surface area (TPSA) is 54.3 Å². The first-order valence-electron chi connectivity index (χ1n) is 9.39. The molecule has 0 bridgehead atoms. The number of hydrogen-bond donors (Lipinski definition) is 0. The van der Waals surface area contributed by atoms with E-state index in [1.165, 1.54) is 25.7 Å². The molecule has 1 amide bonds. The second-order valence-electron chi connectivity index (χ2n) is 7.49. The first-order valence-corrected chi connectivity index (χ1v) is 9.39. The minimum absolute atomic E-state index is 0.123. The standard InChI is InChI=1S/C19H27N5O/c1-13-12-16(17-14(2)21-22(3)18(17)20-13)19(25)24-10-8-23(9-11-24)15-6-4-5-7-15/h12,15H,4-11H2,1-3H3. The van der Waals surface area contributed by atoms with Crippen molar-refractivity contribution < 1.29 is 4.79 Å². The molecular formula is C19H27N5O. The Morgan fingerprint density at radius 1 is 1.12 bits per heavy atom. The number of amides is 1. The zero-order valence-electron chi connectivity index (χ0n) is 15.5. The van der Waals surface area contributed by atoms with Crippen molar-refractivity contribution in [2.75, 3.05) is 26.2 Å². The number of aromatic nitrogens is 3. The molecule has 2 aromatic rings. The number of rotatable bonds is 2. The summed E-state index contributed by atoms with van der Waals surface area (Å²) in [7, 11) is 1.89. The number of carbonyl (C=O) groups is 1. The van der Waals surface area contributed by atoms with Gasteiger partial charge in [0.05, 0.1) is 16.6 Å².